The average molecular weight is 548 g/mol. The van der Waals surface area contributed by atoms with Gasteiger partial charge in [0, 0.05) is 6.07 Å². The summed E-state index contributed by atoms with van der Waals surface area (Å²) in [6.07, 6.45) is 0. The van der Waals surface area contributed by atoms with Crippen molar-refractivity contribution < 1.29 is 78.7 Å². The summed E-state index contributed by atoms with van der Waals surface area (Å²) in [6.45, 7) is 0. The van der Waals surface area contributed by atoms with Crippen LogP contribution < -0.4 is 48.0 Å². The molecule has 0 spiro atoms. The molecule has 0 atom stereocenters. The van der Waals surface area contributed by atoms with Gasteiger partial charge in [-0.05, 0) is 0 Å². The van der Waals surface area contributed by atoms with Gasteiger partial charge in [-0.1, -0.05) is 0 Å². The van der Waals surface area contributed by atoms with E-state index in [1.807, 2.05) is 0 Å². The first kappa shape index (κ1) is 23.2. The van der Waals surface area contributed by atoms with Crippen LogP contribution in [-0.2, 0) is 0 Å². The van der Waals surface area contributed by atoms with Crippen molar-refractivity contribution in [1.82, 2.24) is 0 Å². The van der Waals surface area contributed by atoms with Gasteiger partial charge >= 0.3 is 37.7 Å². The van der Waals surface area contributed by atoms with Gasteiger partial charge in [0.15, 0.2) is 34.9 Å². The normalized spacial score (nSPS) is 9.55. The summed E-state index contributed by atoms with van der Waals surface area (Å²) in [7, 11) is 0. The molecule has 0 heterocycles. The van der Waals surface area contributed by atoms with Crippen LogP contribution in [0.3, 0.4) is 0 Å². The first-order valence-electron chi connectivity index (χ1n) is 4.15. The maximum absolute atomic E-state index is 13.1. The van der Waals surface area contributed by atoms with E-state index in [0.29, 0.717) is 0 Å². The zero-order chi connectivity index (χ0) is 12.9. The van der Waals surface area contributed by atoms with E-state index in [2.05, 4.69) is 0 Å². The minimum atomic E-state index is -2.33. The fraction of sp³-hybridized carbons (Fsp3) is 0. The molecule has 0 aliphatic rings. The van der Waals surface area contributed by atoms with Gasteiger partial charge in [0.25, 0.3) is 0 Å². The number of rotatable bonds is 0. The molecule has 2 aromatic rings. The van der Waals surface area contributed by atoms with Gasteiger partial charge in [0.1, 0.15) is 5.82 Å². The molecule has 106 valence electrons. The average Bonchev–Trinajstić information content (AvgIpc) is 2.28. The Hall–Kier alpha value is 0.930. The van der Waals surface area contributed by atoms with Crippen LogP contribution in [0.4, 0.5) is 30.7 Å². The Morgan fingerprint density at radius 3 is 1.35 bits per heavy atom. The van der Waals surface area contributed by atoms with Crippen molar-refractivity contribution in [3.8, 4) is 0 Å². The number of hydrogen-bond donors (Lipinski definition) is 0. The minimum Gasteiger partial charge on any atom is -1.00 e. The van der Waals surface area contributed by atoms with Crippen LogP contribution in [0.2, 0.25) is 0 Å². The molecule has 0 aliphatic carbocycles. The standard InChI is InChI=1S/C10HF7.Ca.2HI/c11-2-1-3(12)6(13)5-4(2)7(14)9(16)10(17)8(5)15;;;/h1H;;2*1H/q;+2;;/p-2. The molecule has 0 radical (unpaired) electrons. The van der Waals surface area contributed by atoms with Crippen LogP contribution in [0.5, 0.6) is 0 Å². The third kappa shape index (κ3) is 3.63. The maximum atomic E-state index is 13.1. The summed E-state index contributed by atoms with van der Waals surface area (Å²) >= 11 is 0. The Labute approximate surface area is 172 Å². The molecule has 0 amide bonds. The van der Waals surface area contributed by atoms with E-state index in [0.717, 1.165) is 0 Å². The maximum Gasteiger partial charge on any atom is 2.00 e. The third-order valence-electron chi connectivity index (χ3n) is 2.19. The molecular weight excluding hydrogens is 547 g/mol. The fourth-order valence-corrected chi connectivity index (χ4v) is 1.43. The predicted octanol–water partition coefficient (Wildman–Crippen LogP) is -2.56. The van der Waals surface area contributed by atoms with Crippen LogP contribution in [0, 0.1) is 40.7 Å². The second-order valence-corrected chi connectivity index (χ2v) is 3.16. The molecular formula is C10HCaF7I2. The Bertz CT molecular complexity index is 648. The smallest absolute Gasteiger partial charge is 1.00 e. The largest absolute Gasteiger partial charge is 2.00 e. The summed E-state index contributed by atoms with van der Waals surface area (Å²) in [5.74, 6) is -14.5. The van der Waals surface area contributed by atoms with Crippen molar-refractivity contribution in [2.75, 3.05) is 0 Å². The summed E-state index contributed by atoms with van der Waals surface area (Å²) in [6, 6.07) is -0.0858. The van der Waals surface area contributed by atoms with Crippen molar-refractivity contribution >= 4 is 48.5 Å². The summed E-state index contributed by atoms with van der Waals surface area (Å²) < 4.78 is 90.6. The van der Waals surface area contributed by atoms with Gasteiger partial charge in [-0.3, -0.25) is 0 Å². The zero-order valence-corrected chi connectivity index (χ0v) is 15.7. The van der Waals surface area contributed by atoms with Gasteiger partial charge < -0.3 is 48.0 Å². The van der Waals surface area contributed by atoms with Gasteiger partial charge in [-0.15, -0.1) is 0 Å². The SMILES string of the molecule is Fc1cc(F)c2c(F)c(F)c(F)c(F)c2c1F.[Ca+2].[I-].[I-]. The number of hydrogen-bond acceptors (Lipinski definition) is 0. The molecule has 0 aliphatic heterocycles. The Morgan fingerprint density at radius 2 is 0.900 bits per heavy atom. The molecule has 10 heteroatoms. The fourth-order valence-electron chi connectivity index (χ4n) is 1.43. The summed E-state index contributed by atoms with van der Waals surface area (Å²) in [5.41, 5.74) is 0. The van der Waals surface area contributed by atoms with Crippen LogP contribution in [0.25, 0.3) is 10.8 Å². The monoisotopic (exact) mass is 548 g/mol. The van der Waals surface area contributed by atoms with E-state index in [4.69, 9.17) is 0 Å². The van der Waals surface area contributed by atoms with Gasteiger partial charge in [-0.25, -0.2) is 30.7 Å². The zero-order valence-electron chi connectivity index (χ0n) is 9.19. The minimum absolute atomic E-state index is 0. The van der Waals surface area contributed by atoms with Gasteiger partial charge in [-0.2, -0.15) is 0 Å². The van der Waals surface area contributed by atoms with E-state index in [-0.39, 0.29) is 91.8 Å². The molecule has 2 rings (SSSR count). The first-order chi connectivity index (χ1) is 7.86. The van der Waals surface area contributed by atoms with Crippen molar-refractivity contribution in [1.29, 1.82) is 0 Å². The molecule has 2 aromatic carbocycles. The van der Waals surface area contributed by atoms with Crippen LogP contribution >= 0.6 is 0 Å². The first-order valence-corrected chi connectivity index (χ1v) is 4.15. The molecule has 0 saturated heterocycles. The molecule has 0 N–H and O–H groups in total. The summed E-state index contributed by atoms with van der Waals surface area (Å²) in [4.78, 5) is 0. The molecule has 0 saturated carbocycles. The van der Waals surface area contributed by atoms with E-state index < -0.39 is 51.5 Å². The molecule has 0 fully saturated rings. The number of fused-ring (bicyclic) bond motifs is 1. The number of halogens is 9. The predicted molar refractivity (Wildman–Crippen MR) is 49.4 cm³/mol. The van der Waals surface area contributed by atoms with Gasteiger partial charge in [0.05, 0.1) is 10.8 Å². The molecule has 0 unspecified atom stereocenters. The van der Waals surface area contributed by atoms with Crippen LogP contribution in [-0.4, -0.2) is 37.7 Å². The van der Waals surface area contributed by atoms with E-state index in [1.54, 1.807) is 0 Å². The quantitative estimate of drug-likeness (QED) is 0.112. The third-order valence-corrected chi connectivity index (χ3v) is 2.19. The Balaban J connectivity index is 0. The van der Waals surface area contributed by atoms with Crippen LogP contribution in [0.1, 0.15) is 0 Å². The molecule has 0 nitrogen and oxygen atoms in total. The Kier molecular flexibility index (Phi) is 9.90. The topological polar surface area (TPSA) is 0 Å². The van der Waals surface area contributed by atoms with Gasteiger partial charge in [0.2, 0.25) is 0 Å². The second kappa shape index (κ2) is 8.53. The van der Waals surface area contributed by atoms with Crippen molar-refractivity contribution in [2.45, 2.75) is 0 Å². The van der Waals surface area contributed by atoms with E-state index in [1.165, 1.54) is 0 Å². The van der Waals surface area contributed by atoms with E-state index in [9.17, 15) is 30.7 Å². The van der Waals surface area contributed by atoms with Crippen molar-refractivity contribution in [3.63, 3.8) is 0 Å². The number of benzene rings is 2. The Morgan fingerprint density at radius 1 is 0.500 bits per heavy atom. The van der Waals surface area contributed by atoms with Crippen molar-refractivity contribution in [3.05, 3.63) is 46.8 Å². The second-order valence-electron chi connectivity index (χ2n) is 3.16. The molecule has 0 bridgehead atoms. The van der Waals surface area contributed by atoms with Crippen LogP contribution in [0.15, 0.2) is 6.07 Å². The van der Waals surface area contributed by atoms with Crippen molar-refractivity contribution in [2.24, 2.45) is 0 Å². The van der Waals surface area contributed by atoms with E-state index >= 15 is 0 Å². The molecule has 20 heavy (non-hydrogen) atoms. The summed E-state index contributed by atoms with van der Waals surface area (Å²) in [5, 5.41) is -3.07. The molecule has 0 aromatic heterocycles.